The molecule has 0 radical (unpaired) electrons. The van der Waals surface area contributed by atoms with Crippen molar-refractivity contribution in [2.24, 2.45) is 17.8 Å². The Morgan fingerprint density at radius 3 is 1.80 bits per heavy atom. The van der Waals surface area contributed by atoms with Crippen LogP contribution in [0.25, 0.3) is 11.1 Å². The average Bonchev–Trinajstić information content (AvgIpc) is 3.09. The molecule has 7 rings (SSSR count). The van der Waals surface area contributed by atoms with Crippen molar-refractivity contribution in [3.05, 3.63) is 46.5 Å². The lowest BCUT2D eigenvalue weighted by molar-refractivity contribution is -0.228. The van der Waals surface area contributed by atoms with E-state index in [1.54, 1.807) is 0 Å². The van der Waals surface area contributed by atoms with Crippen molar-refractivity contribution in [1.82, 2.24) is 0 Å². The molecule has 0 N–H and O–H groups in total. The molecule has 0 aromatic heterocycles. The molecule has 0 atom stereocenters. The van der Waals surface area contributed by atoms with E-state index in [1.165, 1.54) is 59.1 Å². The highest BCUT2D eigenvalue weighted by molar-refractivity contribution is 5.84. The predicted molar refractivity (Wildman–Crippen MR) is 156 cm³/mol. The fourth-order valence-electron chi connectivity index (χ4n) is 7.59. The Kier molecular flexibility index (Phi) is 7.96. The Balaban J connectivity index is 1.10. The molecule has 2 aliphatic heterocycles. The summed E-state index contributed by atoms with van der Waals surface area (Å²) in [6.07, 6.45) is 12.6. The zero-order chi connectivity index (χ0) is 27.8. The summed E-state index contributed by atoms with van der Waals surface area (Å²) in [5.74, 6) is 1.90. The van der Waals surface area contributed by atoms with Crippen LogP contribution in [-0.2, 0) is 44.7 Å². The minimum atomic E-state index is -0.481. The van der Waals surface area contributed by atoms with Gasteiger partial charge in [0.25, 0.3) is 0 Å². The summed E-state index contributed by atoms with van der Waals surface area (Å²) < 4.78 is 31.1. The highest BCUT2D eigenvalue weighted by Crippen LogP contribution is 2.47. The second kappa shape index (κ2) is 12.0. The Hall–Kier alpha value is -2.57. The third kappa shape index (κ3) is 5.62. The van der Waals surface area contributed by atoms with Gasteiger partial charge in [0.1, 0.15) is 36.7 Å². The molecule has 0 spiro atoms. The smallest absolute Gasteiger partial charge is 0.316 e. The van der Waals surface area contributed by atoms with Gasteiger partial charge in [-0.15, -0.1) is 0 Å². The van der Waals surface area contributed by atoms with Crippen molar-refractivity contribution in [2.75, 3.05) is 26.4 Å². The van der Waals surface area contributed by atoms with Crippen LogP contribution in [0.5, 0.6) is 11.5 Å². The standard InChI is InChI=1S/C35H44O6/c1-22-18-39-35(40-19-22)25-10-14-27(15-11-25)41-34(36)26-20-37-30-16-12-23-6-2-4-8-28(23)32(30)33-29-9-5-3-7-24(29)13-17-31(33)38-21-26/h12-13,16-17,22,25-27,35H,2-11,14-15,18-21H2,1H3. The number of hydrogen-bond acceptors (Lipinski definition) is 6. The van der Waals surface area contributed by atoms with Crippen LogP contribution < -0.4 is 9.47 Å². The summed E-state index contributed by atoms with van der Waals surface area (Å²) in [5, 5.41) is 0. The maximum Gasteiger partial charge on any atom is 0.316 e. The topological polar surface area (TPSA) is 63.2 Å². The molecule has 1 saturated carbocycles. The minimum Gasteiger partial charge on any atom is -0.492 e. The molecular weight excluding hydrogens is 516 g/mol. The van der Waals surface area contributed by atoms with E-state index in [2.05, 4.69) is 31.2 Å². The van der Waals surface area contributed by atoms with Gasteiger partial charge in [0.15, 0.2) is 6.29 Å². The highest BCUT2D eigenvalue weighted by Gasteiger charge is 2.35. The maximum absolute atomic E-state index is 13.5. The van der Waals surface area contributed by atoms with E-state index < -0.39 is 5.92 Å². The second-order valence-corrected chi connectivity index (χ2v) is 13.0. The maximum atomic E-state index is 13.5. The predicted octanol–water partition coefficient (Wildman–Crippen LogP) is 6.61. The van der Waals surface area contributed by atoms with Gasteiger partial charge < -0.3 is 23.7 Å². The molecule has 3 aliphatic carbocycles. The number of hydrogen-bond donors (Lipinski definition) is 0. The van der Waals surface area contributed by atoms with Crippen molar-refractivity contribution >= 4 is 5.97 Å². The van der Waals surface area contributed by atoms with Crippen LogP contribution in [0.4, 0.5) is 0 Å². The van der Waals surface area contributed by atoms with Crippen molar-refractivity contribution in [3.8, 4) is 22.6 Å². The zero-order valence-electron chi connectivity index (χ0n) is 24.5. The molecule has 0 unspecified atom stereocenters. The Bertz CT molecular complexity index is 1180. The third-order valence-corrected chi connectivity index (χ3v) is 9.93. The SMILES string of the molecule is CC1COC(C2CCC(OC(=O)C3COc4ccc5c(c4-c4c(ccc6c4CCCC6)OC3)CCCC5)CC2)OC1. The van der Waals surface area contributed by atoms with Crippen molar-refractivity contribution in [2.45, 2.75) is 96.4 Å². The molecule has 2 aromatic carbocycles. The second-order valence-electron chi connectivity index (χ2n) is 13.0. The van der Waals surface area contributed by atoms with Crippen LogP contribution in [0, 0.1) is 17.8 Å². The number of carbonyl (C=O) groups excluding carboxylic acids is 1. The average molecular weight is 561 g/mol. The third-order valence-electron chi connectivity index (χ3n) is 9.93. The number of ether oxygens (including phenoxy) is 5. The molecule has 5 aliphatic rings. The fourth-order valence-corrected chi connectivity index (χ4v) is 7.59. The van der Waals surface area contributed by atoms with E-state index in [-0.39, 0.29) is 31.6 Å². The van der Waals surface area contributed by atoms with E-state index in [4.69, 9.17) is 23.7 Å². The van der Waals surface area contributed by atoms with E-state index in [1.807, 2.05) is 0 Å². The molecule has 6 nitrogen and oxygen atoms in total. The molecule has 220 valence electrons. The number of carbonyl (C=O) groups is 1. The zero-order valence-corrected chi connectivity index (χ0v) is 24.5. The van der Waals surface area contributed by atoms with Gasteiger partial charge in [-0.2, -0.15) is 0 Å². The minimum absolute atomic E-state index is 0.0764. The number of fused-ring (bicyclic) bond motifs is 7. The number of rotatable bonds is 3. The Morgan fingerprint density at radius 2 is 1.24 bits per heavy atom. The summed E-state index contributed by atoms with van der Waals surface area (Å²) in [7, 11) is 0. The van der Waals surface area contributed by atoms with Gasteiger partial charge in [0.05, 0.1) is 13.2 Å². The molecule has 2 fully saturated rings. The van der Waals surface area contributed by atoms with Crippen LogP contribution in [0.1, 0.15) is 80.5 Å². The van der Waals surface area contributed by atoms with Crippen LogP contribution in [0.15, 0.2) is 24.3 Å². The van der Waals surface area contributed by atoms with Gasteiger partial charge in [-0.3, -0.25) is 4.79 Å². The summed E-state index contributed by atoms with van der Waals surface area (Å²) >= 11 is 0. The first-order valence-electron chi connectivity index (χ1n) is 16.1. The van der Waals surface area contributed by atoms with Gasteiger partial charge in [-0.25, -0.2) is 0 Å². The summed E-state index contributed by atoms with van der Waals surface area (Å²) in [6, 6.07) is 8.76. The van der Waals surface area contributed by atoms with E-state index in [9.17, 15) is 4.79 Å². The monoisotopic (exact) mass is 560 g/mol. The molecular formula is C35H44O6. The largest absolute Gasteiger partial charge is 0.492 e. The van der Waals surface area contributed by atoms with Gasteiger partial charge in [0.2, 0.25) is 0 Å². The molecule has 6 heteroatoms. The first kappa shape index (κ1) is 27.3. The fraction of sp³-hybridized carbons (Fsp3) is 0.629. The van der Waals surface area contributed by atoms with Crippen LogP contribution in [-0.4, -0.2) is 44.8 Å². The summed E-state index contributed by atoms with van der Waals surface area (Å²) in [4.78, 5) is 13.5. The van der Waals surface area contributed by atoms with Gasteiger partial charge >= 0.3 is 5.97 Å². The van der Waals surface area contributed by atoms with Gasteiger partial charge in [-0.1, -0.05) is 19.1 Å². The lowest BCUT2D eigenvalue weighted by Gasteiger charge is -2.36. The Morgan fingerprint density at radius 1 is 0.707 bits per heavy atom. The quantitative estimate of drug-likeness (QED) is 0.394. The summed E-state index contributed by atoms with van der Waals surface area (Å²) in [5.41, 5.74) is 8.12. The first-order valence-corrected chi connectivity index (χ1v) is 16.1. The lowest BCUT2D eigenvalue weighted by Crippen LogP contribution is -2.39. The van der Waals surface area contributed by atoms with E-state index in [0.717, 1.165) is 76.1 Å². The molecule has 2 aromatic rings. The lowest BCUT2D eigenvalue weighted by atomic mass is 9.80. The van der Waals surface area contributed by atoms with Crippen LogP contribution >= 0.6 is 0 Å². The van der Waals surface area contributed by atoms with E-state index >= 15 is 0 Å². The van der Waals surface area contributed by atoms with Gasteiger partial charge in [-0.05, 0) is 111 Å². The van der Waals surface area contributed by atoms with Crippen LogP contribution in [0.2, 0.25) is 0 Å². The molecule has 41 heavy (non-hydrogen) atoms. The van der Waals surface area contributed by atoms with Crippen molar-refractivity contribution in [1.29, 1.82) is 0 Å². The molecule has 1 saturated heterocycles. The number of esters is 1. The molecule has 0 amide bonds. The molecule has 2 heterocycles. The number of benzene rings is 2. The van der Waals surface area contributed by atoms with Gasteiger partial charge in [0, 0.05) is 23.0 Å². The number of aryl methyl sites for hydroxylation is 2. The van der Waals surface area contributed by atoms with Crippen molar-refractivity contribution in [3.63, 3.8) is 0 Å². The Labute approximate surface area is 244 Å². The van der Waals surface area contributed by atoms with E-state index in [0.29, 0.717) is 11.8 Å². The normalized spacial score (nSPS) is 28.2. The summed E-state index contributed by atoms with van der Waals surface area (Å²) in [6.45, 7) is 4.20. The van der Waals surface area contributed by atoms with Crippen LogP contribution in [0.3, 0.4) is 0 Å². The molecule has 0 bridgehead atoms. The first-order chi connectivity index (χ1) is 20.1. The van der Waals surface area contributed by atoms with Crippen molar-refractivity contribution < 1.29 is 28.5 Å². The highest BCUT2D eigenvalue weighted by atomic mass is 16.7.